The van der Waals surface area contributed by atoms with Crippen molar-refractivity contribution in [3.8, 4) is 0 Å². The van der Waals surface area contributed by atoms with E-state index in [4.69, 9.17) is 4.98 Å². The van der Waals surface area contributed by atoms with E-state index in [9.17, 15) is 0 Å². The first-order valence-electron chi connectivity index (χ1n) is 9.29. The molecule has 0 fully saturated rings. The van der Waals surface area contributed by atoms with Crippen molar-refractivity contribution in [2.75, 3.05) is 0 Å². The smallest absolute Gasteiger partial charge is 0.0819 e. The second-order valence-corrected chi connectivity index (χ2v) is 7.11. The zero-order valence-corrected chi connectivity index (χ0v) is 15.5. The van der Waals surface area contributed by atoms with E-state index in [0.717, 1.165) is 5.69 Å². The summed E-state index contributed by atoms with van der Waals surface area (Å²) in [4.78, 5) is 12.1. The molecule has 0 aliphatic heterocycles. The number of aromatic amines is 2. The van der Waals surface area contributed by atoms with Gasteiger partial charge in [0.05, 0.1) is 11.6 Å². The summed E-state index contributed by atoms with van der Waals surface area (Å²) in [5.74, 6) is 0.0333. The quantitative estimate of drug-likeness (QED) is 0.421. The van der Waals surface area contributed by atoms with Crippen molar-refractivity contribution >= 4 is 21.8 Å². The molecule has 0 aliphatic rings. The maximum absolute atomic E-state index is 4.71. The normalized spacial score (nSPS) is 11.7. The molecule has 3 heteroatoms. The fraction of sp³-hybridized carbons (Fsp3) is 0.125. The lowest BCUT2D eigenvalue weighted by molar-refractivity contribution is 0.849. The van der Waals surface area contributed by atoms with Gasteiger partial charge < -0.3 is 9.97 Å². The van der Waals surface area contributed by atoms with Gasteiger partial charge in [-0.3, -0.25) is 4.98 Å². The van der Waals surface area contributed by atoms with Crippen molar-refractivity contribution in [1.29, 1.82) is 0 Å². The first-order chi connectivity index (χ1) is 13.2. The number of fused-ring (bicyclic) bond motifs is 2. The van der Waals surface area contributed by atoms with E-state index in [1.165, 1.54) is 44.3 Å². The minimum Gasteiger partial charge on any atom is -0.357 e. The molecule has 0 radical (unpaired) electrons. The van der Waals surface area contributed by atoms with Gasteiger partial charge in [0.2, 0.25) is 0 Å². The van der Waals surface area contributed by atoms with Crippen LogP contribution in [0.25, 0.3) is 21.8 Å². The molecule has 2 N–H and O–H groups in total. The second-order valence-electron chi connectivity index (χ2n) is 7.11. The summed E-state index contributed by atoms with van der Waals surface area (Å²) in [5, 5.41) is 2.53. The first kappa shape index (κ1) is 15.9. The Kier molecular flexibility index (Phi) is 3.61. The fourth-order valence-electron chi connectivity index (χ4n) is 4.17. The molecule has 0 atom stereocenters. The molecule has 3 nitrogen and oxygen atoms in total. The summed E-state index contributed by atoms with van der Waals surface area (Å²) in [7, 11) is 0. The molecule has 0 saturated carbocycles. The summed E-state index contributed by atoms with van der Waals surface area (Å²) in [6.07, 6.45) is 1.87. The van der Waals surface area contributed by atoms with Crippen molar-refractivity contribution in [2.45, 2.75) is 19.8 Å². The fourth-order valence-corrected chi connectivity index (χ4v) is 4.17. The minimum atomic E-state index is 0.0333. The van der Waals surface area contributed by atoms with E-state index in [-0.39, 0.29) is 5.92 Å². The zero-order chi connectivity index (χ0) is 18.4. The molecule has 5 aromatic rings. The molecule has 0 saturated heterocycles. The SMILES string of the molecule is Cc1c(C(c2ccccn2)c2[nH]c3ccccc3c2C)[nH]c2ccccc12. The third kappa shape index (κ3) is 2.47. The van der Waals surface area contributed by atoms with Crippen molar-refractivity contribution < 1.29 is 0 Å². The minimum absolute atomic E-state index is 0.0333. The van der Waals surface area contributed by atoms with Crippen LogP contribution in [0.15, 0.2) is 72.9 Å². The van der Waals surface area contributed by atoms with E-state index in [1.807, 2.05) is 12.3 Å². The van der Waals surface area contributed by atoms with Gasteiger partial charge in [-0.05, 0) is 49.2 Å². The van der Waals surface area contributed by atoms with Gasteiger partial charge >= 0.3 is 0 Å². The van der Waals surface area contributed by atoms with Crippen LogP contribution >= 0.6 is 0 Å². The molecule has 5 rings (SSSR count). The summed E-state index contributed by atoms with van der Waals surface area (Å²) in [6.45, 7) is 4.39. The highest BCUT2D eigenvalue weighted by molar-refractivity contribution is 5.87. The number of aromatic nitrogens is 3. The van der Waals surface area contributed by atoms with E-state index >= 15 is 0 Å². The topological polar surface area (TPSA) is 44.5 Å². The lowest BCUT2D eigenvalue weighted by Crippen LogP contribution is -2.09. The average Bonchev–Trinajstić information content (AvgIpc) is 3.22. The van der Waals surface area contributed by atoms with E-state index in [2.05, 4.69) is 84.5 Å². The van der Waals surface area contributed by atoms with Gasteiger partial charge in [0.15, 0.2) is 0 Å². The average molecular weight is 351 g/mol. The van der Waals surface area contributed by atoms with Gasteiger partial charge in [0.25, 0.3) is 0 Å². The van der Waals surface area contributed by atoms with Gasteiger partial charge in [-0.2, -0.15) is 0 Å². The zero-order valence-electron chi connectivity index (χ0n) is 15.5. The van der Waals surface area contributed by atoms with Gasteiger partial charge in [-0.1, -0.05) is 42.5 Å². The molecular weight excluding hydrogens is 330 g/mol. The Hall–Kier alpha value is -3.33. The van der Waals surface area contributed by atoms with Gasteiger partial charge in [-0.15, -0.1) is 0 Å². The molecule has 132 valence electrons. The maximum Gasteiger partial charge on any atom is 0.0819 e. The molecule has 0 aliphatic carbocycles. The third-order valence-electron chi connectivity index (χ3n) is 5.57. The Morgan fingerprint density at radius 1 is 0.667 bits per heavy atom. The molecule has 2 aromatic carbocycles. The largest absolute Gasteiger partial charge is 0.357 e. The number of H-pyrrole nitrogens is 2. The van der Waals surface area contributed by atoms with Crippen molar-refractivity contribution in [1.82, 2.24) is 15.0 Å². The monoisotopic (exact) mass is 351 g/mol. The highest BCUT2D eigenvalue weighted by Crippen LogP contribution is 2.38. The Morgan fingerprint density at radius 3 is 1.67 bits per heavy atom. The number of aryl methyl sites for hydroxylation is 2. The van der Waals surface area contributed by atoms with Crippen molar-refractivity contribution in [3.63, 3.8) is 0 Å². The number of hydrogen-bond donors (Lipinski definition) is 2. The van der Waals surface area contributed by atoms with Crippen LogP contribution in [0.3, 0.4) is 0 Å². The lowest BCUT2D eigenvalue weighted by Gasteiger charge is -2.17. The number of nitrogens with one attached hydrogen (secondary N) is 2. The van der Waals surface area contributed by atoms with E-state index in [0.29, 0.717) is 0 Å². The predicted molar refractivity (Wildman–Crippen MR) is 111 cm³/mol. The van der Waals surface area contributed by atoms with Crippen LogP contribution in [-0.2, 0) is 0 Å². The van der Waals surface area contributed by atoms with Crippen LogP contribution in [0.4, 0.5) is 0 Å². The van der Waals surface area contributed by atoms with Crippen LogP contribution in [0, 0.1) is 13.8 Å². The Labute approximate surface area is 158 Å². The van der Waals surface area contributed by atoms with Gasteiger partial charge in [0.1, 0.15) is 0 Å². The van der Waals surface area contributed by atoms with Crippen LogP contribution in [0.5, 0.6) is 0 Å². The van der Waals surface area contributed by atoms with Crippen LogP contribution in [0.2, 0.25) is 0 Å². The van der Waals surface area contributed by atoms with Crippen LogP contribution in [0.1, 0.15) is 34.1 Å². The number of rotatable bonds is 3. The molecule has 3 aromatic heterocycles. The Morgan fingerprint density at radius 2 is 1.19 bits per heavy atom. The van der Waals surface area contributed by atoms with Gasteiger partial charge in [-0.25, -0.2) is 0 Å². The molecule has 27 heavy (non-hydrogen) atoms. The molecule has 0 spiro atoms. The molecule has 0 unspecified atom stereocenters. The maximum atomic E-state index is 4.71. The predicted octanol–water partition coefficient (Wildman–Crippen LogP) is 5.84. The summed E-state index contributed by atoms with van der Waals surface area (Å²) in [5.41, 5.74) is 8.33. The van der Waals surface area contributed by atoms with E-state index < -0.39 is 0 Å². The number of benzene rings is 2. The Balaban J connectivity index is 1.81. The molecule has 0 amide bonds. The third-order valence-corrected chi connectivity index (χ3v) is 5.57. The summed E-state index contributed by atoms with van der Waals surface area (Å²) >= 11 is 0. The number of nitrogens with zero attached hydrogens (tertiary/aromatic N) is 1. The highest BCUT2D eigenvalue weighted by atomic mass is 14.8. The number of hydrogen-bond acceptors (Lipinski definition) is 1. The van der Waals surface area contributed by atoms with Crippen molar-refractivity contribution in [3.05, 3.63) is 101 Å². The molecule has 0 bridgehead atoms. The van der Waals surface area contributed by atoms with Crippen LogP contribution in [-0.4, -0.2) is 15.0 Å². The second kappa shape index (κ2) is 6.13. The Bertz CT molecular complexity index is 1160. The first-order valence-corrected chi connectivity index (χ1v) is 9.29. The van der Waals surface area contributed by atoms with Gasteiger partial charge in [0, 0.05) is 39.4 Å². The summed E-state index contributed by atoms with van der Waals surface area (Å²) < 4.78 is 0. The van der Waals surface area contributed by atoms with E-state index in [1.54, 1.807) is 0 Å². The highest BCUT2D eigenvalue weighted by Gasteiger charge is 2.26. The van der Waals surface area contributed by atoms with Crippen LogP contribution < -0.4 is 0 Å². The lowest BCUT2D eigenvalue weighted by atomic mass is 9.91. The molecule has 3 heterocycles. The summed E-state index contributed by atoms with van der Waals surface area (Å²) in [6, 6.07) is 23.1. The standard InChI is InChI=1S/C24H21N3/c1-15-17-9-3-5-11-19(17)26-23(15)22(21-13-7-8-14-25-21)24-16(2)18-10-4-6-12-20(18)27-24/h3-14,22,26-27H,1-2H3. The number of pyridine rings is 1. The molecular formula is C24H21N3. The number of para-hydroxylation sites is 2. The van der Waals surface area contributed by atoms with Crippen molar-refractivity contribution in [2.24, 2.45) is 0 Å².